The average Bonchev–Trinajstić information content (AvgIpc) is 3.12. The van der Waals surface area contributed by atoms with E-state index in [-0.39, 0.29) is 5.56 Å². The number of hydrogen-bond donors (Lipinski definition) is 2. The number of rotatable bonds is 4. The van der Waals surface area contributed by atoms with Crippen LogP contribution >= 0.6 is 0 Å². The van der Waals surface area contributed by atoms with Gasteiger partial charge in [0.2, 0.25) is 0 Å². The van der Waals surface area contributed by atoms with Gasteiger partial charge in [-0.15, -0.1) is 0 Å². The van der Waals surface area contributed by atoms with Gasteiger partial charge in [0.1, 0.15) is 5.82 Å². The molecule has 1 aliphatic heterocycles. The molecule has 0 atom stereocenters. The molecule has 21 heavy (non-hydrogen) atoms. The summed E-state index contributed by atoms with van der Waals surface area (Å²) in [4.78, 5) is 25.5. The zero-order valence-electron chi connectivity index (χ0n) is 12.1. The number of fused-ring (bicyclic) bond motifs is 1. The van der Waals surface area contributed by atoms with Gasteiger partial charge in [-0.25, -0.2) is 4.98 Å². The van der Waals surface area contributed by atoms with Crippen molar-refractivity contribution in [1.29, 1.82) is 0 Å². The predicted molar refractivity (Wildman–Crippen MR) is 79.9 cm³/mol. The summed E-state index contributed by atoms with van der Waals surface area (Å²) in [6.07, 6.45) is 6.23. The predicted octanol–water partition coefficient (Wildman–Crippen LogP) is 1.61. The lowest BCUT2D eigenvalue weighted by Crippen LogP contribution is -2.35. The third-order valence-electron chi connectivity index (χ3n) is 4.44. The minimum absolute atomic E-state index is 0.0789. The van der Waals surface area contributed by atoms with Crippen molar-refractivity contribution in [3.63, 3.8) is 0 Å². The molecule has 0 aromatic carbocycles. The number of nitrogens with zero attached hydrogens (tertiary/aromatic N) is 2. The molecule has 0 saturated heterocycles. The summed E-state index contributed by atoms with van der Waals surface area (Å²) in [5, 5.41) is 0. The van der Waals surface area contributed by atoms with Gasteiger partial charge in [-0.05, 0) is 37.3 Å². The fourth-order valence-electron chi connectivity index (χ4n) is 3.08. The second kappa shape index (κ2) is 5.15. The summed E-state index contributed by atoms with van der Waals surface area (Å²) in [6, 6.07) is 4.11. The van der Waals surface area contributed by atoms with Crippen LogP contribution in [0.5, 0.6) is 0 Å². The van der Waals surface area contributed by atoms with Crippen molar-refractivity contribution in [2.45, 2.75) is 38.8 Å². The van der Waals surface area contributed by atoms with Crippen molar-refractivity contribution in [2.24, 2.45) is 5.92 Å². The third-order valence-corrected chi connectivity index (χ3v) is 4.44. The van der Waals surface area contributed by atoms with Crippen LogP contribution in [0.3, 0.4) is 0 Å². The van der Waals surface area contributed by atoms with Gasteiger partial charge in [0.25, 0.3) is 5.56 Å². The van der Waals surface area contributed by atoms with Crippen LogP contribution in [0, 0.1) is 5.92 Å². The minimum Gasteiger partial charge on any atom is -0.364 e. The molecule has 110 valence electrons. The topological polar surface area (TPSA) is 64.8 Å². The first kappa shape index (κ1) is 12.8. The normalized spacial score (nSPS) is 18.7. The maximum atomic E-state index is 12.2. The Bertz CT molecular complexity index is 685. The molecular formula is C16H20N4O. The van der Waals surface area contributed by atoms with Gasteiger partial charge in [0.15, 0.2) is 0 Å². The average molecular weight is 284 g/mol. The molecule has 1 fully saturated rings. The molecule has 0 spiro atoms. The van der Waals surface area contributed by atoms with Gasteiger partial charge in [-0.1, -0.05) is 0 Å². The summed E-state index contributed by atoms with van der Waals surface area (Å²) in [7, 11) is 0. The zero-order valence-corrected chi connectivity index (χ0v) is 12.1. The van der Waals surface area contributed by atoms with E-state index in [2.05, 4.69) is 20.9 Å². The number of H-pyrrole nitrogens is 2. The summed E-state index contributed by atoms with van der Waals surface area (Å²) in [5.41, 5.74) is 3.15. The summed E-state index contributed by atoms with van der Waals surface area (Å²) in [5.74, 6) is 1.62. The fourth-order valence-corrected chi connectivity index (χ4v) is 3.08. The molecule has 4 rings (SSSR count). The second-order valence-electron chi connectivity index (χ2n) is 6.24. The van der Waals surface area contributed by atoms with Gasteiger partial charge in [-0.2, -0.15) is 0 Å². The molecule has 1 aliphatic carbocycles. The molecule has 2 aromatic rings. The van der Waals surface area contributed by atoms with Crippen molar-refractivity contribution in [2.75, 3.05) is 6.54 Å². The largest absolute Gasteiger partial charge is 0.364 e. The molecule has 2 N–H and O–H groups in total. The Balaban J connectivity index is 1.55. The van der Waals surface area contributed by atoms with Gasteiger partial charge in [0.05, 0.1) is 5.69 Å². The SMILES string of the molecule is O=c1[nH]c(CC2CC2)nc2c1CCN(Cc1ccc[nH]1)C2. The Kier molecular flexibility index (Phi) is 3.15. The van der Waals surface area contributed by atoms with Gasteiger partial charge < -0.3 is 9.97 Å². The van der Waals surface area contributed by atoms with Crippen molar-refractivity contribution < 1.29 is 0 Å². The van der Waals surface area contributed by atoms with Gasteiger partial charge in [-0.3, -0.25) is 9.69 Å². The van der Waals surface area contributed by atoms with Crippen LogP contribution < -0.4 is 5.56 Å². The Morgan fingerprint density at radius 1 is 1.38 bits per heavy atom. The Labute approximate surface area is 123 Å². The maximum absolute atomic E-state index is 12.2. The van der Waals surface area contributed by atoms with E-state index in [0.717, 1.165) is 55.5 Å². The van der Waals surface area contributed by atoms with E-state index in [1.807, 2.05) is 12.3 Å². The third kappa shape index (κ3) is 2.78. The highest BCUT2D eigenvalue weighted by Gasteiger charge is 2.25. The lowest BCUT2D eigenvalue weighted by atomic mass is 10.1. The van der Waals surface area contributed by atoms with Crippen LogP contribution in [0.15, 0.2) is 23.1 Å². The van der Waals surface area contributed by atoms with Crippen LogP contribution in [0.1, 0.15) is 35.6 Å². The number of aromatic amines is 2. The summed E-state index contributed by atoms with van der Waals surface area (Å²) < 4.78 is 0. The molecule has 0 bridgehead atoms. The summed E-state index contributed by atoms with van der Waals surface area (Å²) >= 11 is 0. The molecule has 2 aromatic heterocycles. The van der Waals surface area contributed by atoms with Gasteiger partial charge in [0, 0.05) is 43.5 Å². The maximum Gasteiger partial charge on any atom is 0.254 e. The van der Waals surface area contributed by atoms with E-state index in [0.29, 0.717) is 0 Å². The first-order valence-corrected chi connectivity index (χ1v) is 7.73. The number of aromatic nitrogens is 3. The Hall–Kier alpha value is -1.88. The van der Waals surface area contributed by atoms with E-state index >= 15 is 0 Å². The molecule has 3 heterocycles. The quantitative estimate of drug-likeness (QED) is 0.896. The number of nitrogens with one attached hydrogen (secondary N) is 2. The monoisotopic (exact) mass is 284 g/mol. The van der Waals surface area contributed by atoms with Crippen LogP contribution in [0.25, 0.3) is 0 Å². The Morgan fingerprint density at radius 3 is 3.05 bits per heavy atom. The molecule has 5 heteroatoms. The highest BCUT2D eigenvalue weighted by atomic mass is 16.1. The van der Waals surface area contributed by atoms with Crippen LogP contribution in [0.4, 0.5) is 0 Å². The first-order chi connectivity index (χ1) is 10.3. The molecule has 0 unspecified atom stereocenters. The zero-order chi connectivity index (χ0) is 14.2. The molecule has 0 radical (unpaired) electrons. The molecular weight excluding hydrogens is 264 g/mol. The van der Waals surface area contributed by atoms with E-state index in [9.17, 15) is 4.79 Å². The molecule has 1 saturated carbocycles. The van der Waals surface area contributed by atoms with E-state index in [1.54, 1.807) is 0 Å². The standard InChI is InChI=1S/C16H20N4O/c21-16-13-5-7-20(9-12-2-1-6-17-12)10-14(13)18-15(19-16)8-11-3-4-11/h1-2,6,11,17H,3-5,7-10H2,(H,18,19,21). The number of hydrogen-bond acceptors (Lipinski definition) is 3. The molecule has 5 nitrogen and oxygen atoms in total. The van der Waals surface area contributed by atoms with Crippen molar-refractivity contribution in [3.8, 4) is 0 Å². The fraction of sp³-hybridized carbons (Fsp3) is 0.500. The highest BCUT2D eigenvalue weighted by molar-refractivity contribution is 5.21. The van der Waals surface area contributed by atoms with E-state index < -0.39 is 0 Å². The highest BCUT2D eigenvalue weighted by Crippen LogP contribution is 2.31. The molecule has 2 aliphatic rings. The lowest BCUT2D eigenvalue weighted by Gasteiger charge is -2.27. The smallest absolute Gasteiger partial charge is 0.254 e. The minimum atomic E-state index is 0.0789. The van der Waals surface area contributed by atoms with Crippen molar-refractivity contribution in [3.05, 3.63) is 51.5 Å². The van der Waals surface area contributed by atoms with Crippen molar-refractivity contribution >= 4 is 0 Å². The lowest BCUT2D eigenvalue weighted by molar-refractivity contribution is 0.237. The second-order valence-corrected chi connectivity index (χ2v) is 6.24. The van der Waals surface area contributed by atoms with Crippen molar-refractivity contribution in [1.82, 2.24) is 19.9 Å². The van der Waals surface area contributed by atoms with Crippen LogP contribution in [-0.2, 0) is 25.9 Å². The summed E-state index contributed by atoms with van der Waals surface area (Å²) in [6.45, 7) is 2.58. The first-order valence-electron chi connectivity index (χ1n) is 7.73. The molecule has 0 amide bonds. The van der Waals surface area contributed by atoms with E-state index in [4.69, 9.17) is 4.98 Å². The van der Waals surface area contributed by atoms with Crippen LogP contribution in [0.2, 0.25) is 0 Å². The Morgan fingerprint density at radius 2 is 2.29 bits per heavy atom. The van der Waals surface area contributed by atoms with E-state index in [1.165, 1.54) is 18.5 Å². The van der Waals surface area contributed by atoms with Gasteiger partial charge >= 0.3 is 0 Å². The van der Waals surface area contributed by atoms with Crippen LogP contribution in [-0.4, -0.2) is 26.4 Å².